The summed E-state index contributed by atoms with van der Waals surface area (Å²) in [7, 11) is 2.27. The molecule has 2 heterocycles. The molecule has 2 saturated carbocycles. The molecule has 2 aliphatic heterocycles. The van der Waals surface area contributed by atoms with Gasteiger partial charge in [0.1, 0.15) is 6.10 Å². The predicted molar refractivity (Wildman–Crippen MR) is 100 cm³/mol. The van der Waals surface area contributed by atoms with E-state index >= 15 is 0 Å². The average molecular weight is 346 g/mol. The van der Waals surface area contributed by atoms with Crippen LogP contribution in [0.25, 0.3) is 0 Å². The first-order valence-electron chi connectivity index (χ1n) is 10.7. The van der Waals surface area contributed by atoms with Crippen LogP contribution in [-0.2, 0) is 9.53 Å². The van der Waals surface area contributed by atoms with Crippen LogP contribution in [0, 0.1) is 29.6 Å². The maximum Gasteiger partial charge on any atom is 0.309 e. The molecule has 0 aromatic heterocycles. The van der Waals surface area contributed by atoms with Gasteiger partial charge in [-0.15, -0.1) is 0 Å². The highest BCUT2D eigenvalue weighted by Crippen LogP contribution is 2.53. The van der Waals surface area contributed by atoms with Crippen molar-refractivity contribution in [3.05, 3.63) is 12.2 Å². The van der Waals surface area contributed by atoms with Crippen molar-refractivity contribution in [2.75, 3.05) is 7.05 Å². The number of likely N-dealkylation sites (N-methyl/N-ethyl adjacent to an activating group) is 1. The van der Waals surface area contributed by atoms with Crippen LogP contribution in [0.4, 0.5) is 0 Å². The lowest BCUT2D eigenvalue weighted by atomic mass is 9.57. The van der Waals surface area contributed by atoms with E-state index in [0.717, 1.165) is 18.3 Å². The summed E-state index contributed by atoms with van der Waals surface area (Å²) in [5.74, 6) is 2.71. The fraction of sp³-hybridized carbons (Fsp3) is 0.864. The number of carbonyl (C=O) groups excluding carboxylic acids is 1. The Labute approximate surface area is 153 Å². The van der Waals surface area contributed by atoms with E-state index in [0.29, 0.717) is 23.9 Å². The Hall–Kier alpha value is -0.830. The van der Waals surface area contributed by atoms with E-state index < -0.39 is 0 Å². The van der Waals surface area contributed by atoms with Gasteiger partial charge in [-0.25, -0.2) is 0 Å². The van der Waals surface area contributed by atoms with Crippen molar-refractivity contribution < 1.29 is 9.53 Å². The second kappa shape index (κ2) is 7.06. The van der Waals surface area contributed by atoms with Gasteiger partial charge in [0, 0.05) is 18.0 Å². The Bertz CT molecular complexity index is 530. The molecule has 8 atom stereocenters. The molecule has 3 nitrogen and oxygen atoms in total. The molecule has 3 heteroatoms. The molecule has 25 heavy (non-hydrogen) atoms. The Morgan fingerprint density at radius 1 is 1.04 bits per heavy atom. The molecule has 2 saturated heterocycles. The number of esters is 1. The van der Waals surface area contributed by atoms with Crippen molar-refractivity contribution in [1.29, 1.82) is 0 Å². The molecule has 0 bridgehead atoms. The van der Waals surface area contributed by atoms with E-state index in [-0.39, 0.29) is 18.0 Å². The van der Waals surface area contributed by atoms with Gasteiger partial charge in [-0.2, -0.15) is 0 Å². The molecule has 0 aromatic rings. The van der Waals surface area contributed by atoms with Crippen LogP contribution in [-0.4, -0.2) is 36.1 Å². The van der Waals surface area contributed by atoms with Gasteiger partial charge in [0.2, 0.25) is 0 Å². The van der Waals surface area contributed by atoms with Crippen molar-refractivity contribution in [3.63, 3.8) is 0 Å². The third kappa shape index (κ3) is 3.18. The van der Waals surface area contributed by atoms with Crippen molar-refractivity contribution in [2.24, 2.45) is 29.6 Å². The number of hydrogen-bond donors (Lipinski definition) is 0. The van der Waals surface area contributed by atoms with Crippen LogP contribution >= 0.6 is 0 Å². The topological polar surface area (TPSA) is 29.5 Å². The van der Waals surface area contributed by atoms with Crippen molar-refractivity contribution in [3.8, 4) is 0 Å². The predicted octanol–water partition coefficient (Wildman–Crippen LogP) is 4.42. The van der Waals surface area contributed by atoms with E-state index in [1.807, 2.05) is 0 Å². The van der Waals surface area contributed by atoms with Gasteiger partial charge in [-0.1, -0.05) is 37.8 Å². The fourth-order valence-corrected chi connectivity index (χ4v) is 6.43. The van der Waals surface area contributed by atoms with Gasteiger partial charge >= 0.3 is 5.97 Å². The number of hydrogen-bond acceptors (Lipinski definition) is 3. The summed E-state index contributed by atoms with van der Waals surface area (Å²) in [5, 5.41) is 0. The first kappa shape index (κ1) is 17.6. The SMILES string of the molecule is CC1OC(=O)[C@H]2C[C@H]3CCCC[C@@H]3[C@@H](C=C[C@H]3CCC[C@H](C)N3C)[C@@H]12. The highest BCUT2D eigenvalue weighted by molar-refractivity contribution is 5.75. The lowest BCUT2D eigenvalue weighted by Gasteiger charge is -2.46. The molecule has 4 rings (SSSR count). The molecule has 0 N–H and O–H groups in total. The second-order valence-electron chi connectivity index (χ2n) is 9.24. The van der Waals surface area contributed by atoms with E-state index in [4.69, 9.17) is 4.74 Å². The largest absolute Gasteiger partial charge is 0.462 e. The van der Waals surface area contributed by atoms with Gasteiger partial charge in [-0.05, 0) is 64.3 Å². The second-order valence-corrected chi connectivity index (χ2v) is 9.24. The number of piperidine rings is 1. The van der Waals surface area contributed by atoms with E-state index in [1.54, 1.807) is 0 Å². The summed E-state index contributed by atoms with van der Waals surface area (Å²) in [6.07, 6.45) is 15.5. The minimum atomic E-state index is 0.0864. The first-order chi connectivity index (χ1) is 12.1. The molecule has 2 aliphatic carbocycles. The molecule has 0 spiro atoms. The third-order valence-electron chi connectivity index (χ3n) is 7.97. The Morgan fingerprint density at radius 2 is 1.84 bits per heavy atom. The number of likely N-dealkylation sites (tertiary alicyclic amines) is 1. The molecule has 4 fully saturated rings. The van der Waals surface area contributed by atoms with Crippen LogP contribution in [0.5, 0.6) is 0 Å². The third-order valence-corrected chi connectivity index (χ3v) is 7.97. The molecule has 0 aromatic carbocycles. The molecule has 1 unspecified atom stereocenters. The molecule has 0 amide bonds. The van der Waals surface area contributed by atoms with Crippen LogP contribution in [0.2, 0.25) is 0 Å². The van der Waals surface area contributed by atoms with Crippen LogP contribution in [0.1, 0.15) is 65.2 Å². The normalized spacial score (nSPS) is 48.2. The lowest BCUT2D eigenvalue weighted by molar-refractivity contribution is -0.144. The number of nitrogens with zero attached hydrogens (tertiary/aromatic N) is 1. The van der Waals surface area contributed by atoms with Gasteiger partial charge < -0.3 is 4.74 Å². The van der Waals surface area contributed by atoms with Crippen LogP contribution < -0.4 is 0 Å². The van der Waals surface area contributed by atoms with Crippen LogP contribution in [0.15, 0.2) is 12.2 Å². The zero-order chi connectivity index (χ0) is 17.6. The standard InChI is InChI=1S/C22H35NO2/c1-14-7-6-9-17(23(14)3)11-12-19-18-10-5-4-8-16(18)13-20-21(19)15(2)25-22(20)24/h11-12,14-21H,4-10,13H2,1-3H3/t14-,15?,16+,17+,18-,19+,20-,21+/m0/s1. The lowest BCUT2D eigenvalue weighted by Crippen LogP contribution is -2.44. The molecular formula is C22H35NO2. The Kier molecular flexibility index (Phi) is 4.96. The average Bonchev–Trinajstić information content (AvgIpc) is 2.89. The Morgan fingerprint density at radius 3 is 2.68 bits per heavy atom. The maximum atomic E-state index is 12.4. The first-order valence-corrected chi connectivity index (χ1v) is 10.7. The van der Waals surface area contributed by atoms with Gasteiger partial charge in [0.25, 0.3) is 0 Å². The smallest absolute Gasteiger partial charge is 0.309 e. The summed E-state index contributed by atoms with van der Waals surface area (Å²) < 4.78 is 5.69. The number of carbonyl (C=O) groups is 1. The zero-order valence-corrected chi connectivity index (χ0v) is 16.2. The van der Waals surface area contributed by atoms with Crippen molar-refractivity contribution in [2.45, 2.75) is 83.4 Å². The summed E-state index contributed by atoms with van der Waals surface area (Å²) in [6.45, 7) is 4.47. The van der Waals surface area contributed by atoms with Crippen molar-refractivity contribution in [1.82, 2.24) is 4.90 Å². The summed E-state index contributed by atoms with van der Waals surface area (Å²) in [6, 6.07) is 1.25. The quantitative estimate of drug-likeness (QED) is 0.548. The highest BCUT2D eigenvalue weighted by atomic mass is 16.6. The number of fused-ring (bicyclic) bond motifs is 2. The molecule has 0 radical (unpaired) electrons. The zero-order valence-electron chi connectivity index (χ0n) is 16.2. The van der Waals surface area contributed by atoms with Gasteiger partial charge in [0.15, 0.2) is 0 Å². The van der Waals surface area contributed by atoms with Gasteiger partial charge in [0.05, 0.1) is 5.92 Å². The summed E-state index contributed by atoms with van der Waals surface area (Å²) >= 11 is 0. The maximum absolute atomic E-state index is 12.4. The fourth-order valence-electron chi connectivity index (χ4n) is 6.43. The van der Waals surface area contributed by atoms with Crippen molar-refractivity contribution >= 4 is 5.97 Å². The monoisotopic (exact) mass is 345 g/mol. The summed E-state index contributed by atoms with van der Waals surface area (Å²) in [5.41, 5.74) is 0. The molecule has 4 aliphatic rings. The van der Waals surface area contributed by atoms with E-state index in [1.165, 1.54) is 44.9 Å². The Balaban J connectivity index is 1.57. The minimum absolute atomic E-state index is 0.0864. The van der Waals surface area contributed by atoms with E-state index in [9.17, 15) is 4.79 Å². The highest BCUT2D eigenvalue weighted by Gasteiger charge is 2.53. The minimum Gasteiger partial charge on any atom is -0.462 e. The molecular weight excluding hydrogens is 310 g/mol. The van der Waals surface area contributed by atoms with Crippen LogP contribution in [0.3, 0.4) is 0 Å². The number of rotatable bonds is 2. The number of allylic oxidation sites excluding steroid dienone is 1. The molecule has 140 valence electrons. The van der Waals surface area contributed by atoms with E-state index in [2.05, 4.69) is 37.9 Å². The van der Waals surface area contributed by atoms with Gasteiger partial charge in [-0.3, -0.25) is 9.69 Å². The summed E-state index contributed by atoms with van der Waals surface area (Å²) in [4.78, 5) is 14.9. The number of ether oxygens (including phenoxy) is 1. The number of cyclic esters (lactones) is 1.